The quantitative estimate of drug-likeness (QED) is 0.567. The van der Waals surface area contributed by atoms with E-state index < -0.39 is 23.6 Å². The van der Waals surface area contributed by atoms with Crippen LogP contribution in [0.25, 0.3) is 0 Å². The molecule has 0 aromatic heterocycles. The lowest BCUT2D eigenvalue weighted by Crippen LogP contribution is -2.37. The summed E-state index contributed by atoms with van der Waals surface area (Å²) in [7, 11) is 0. The summed E-state index contributed by atoms with van der Waals surface area (Å²) in [6.45, 7) is 7.60. The molecule has 0 saturated carbocycles. The van der Waals surface area contributed by atoms with Gasteiger partial charge in [-0.25, -0.2) is 4.79 Å². The first-order chi connectivity index (χ1) is 13.2. The van der Waals surface area contributed by atoms with Gasteiger partial charge in [0.15, 0.2) is 0 Å². The van der Waals surface area contributed by atoms with Crippen molar-refractivity contribution < 1.29 is 23.8 Å². The fourth-order valence-corrected chi connectivity index (χ4v) is 2.20. The third-order valence-corrected chi connectivity index (χ3v) is 3.64. The summed E-state index contributed by atoms with van der Waals surface area (Å²) in [6.07, 6.45) is -0.563. The molecule has 2 aromatic rings. The Morgan fingerprint density at radius 3 is 2.18 bits per heavy atom. The summed E-state index contributed by atoms with van der Waals surface area (Å²) in [4.78, 5) is 23.8. The number of hydrogen-bond acceptors (Lipinski definition) is 5. The van der Waals surface area contributed by atoms with Crippen LogP contribution in [0.4, 0.5) is 4.79 Å². The average molecular weight is 385 g/mol. The number of amides is 1. The van der Waals surface area contributed by atoms with E-state index in [9.17, 15) is 9.59 Å². The first kappa shape index (κ1) is 21.3. The standard InChI is InChI=1S/C22H27NO5/c1-16(14-23-21(25)28-22(2,3)4)20(24)27-19-12-10-18(11-13-19)26-15-17-8-6-5-7-9-17/h5-13,16H,14-15H2,1-4H3,(H,23,25). The molecule has 0 saturated heterocycles. The summed E-state index contributed by atoms with van der Waals surface area (Å²) in [5, 5.41) is 2.57. The summed E-state index contributed by atoms with van der Waals surface area (Å²) < 4.78 is 16.2. The van der Waals surface area contributed by atoms with E-state index in [2.05, 4.69) is 5.32 Å². The molecule has 0 bridgehead atoms. The molecule has 6 nitrogen and oxygen atoms in total. The number of nitrogens with one attached hydrogen (secondary N) is 1. The molecule has 28 heavy (non-hydrogen) atoms. The molecule has 0 aliphatic rings. The summed E-state index contributed by atoms with van der Waals surface area (Å²) in [5.41, 5.74) is 0.488. The van der Waals surface area contributed by atoms with E-state index in [1.165, 1.54) is 0 Å². The van der Waals surface area contributed by atoms with E-state index in [4.69, 9.17) is 14.2 Å². The fraction of sp³-hybridized carbons (Fsp3) is 0.364. The van der Waals surface area contributed by atoms with Gasteiger partial charge in [-0.05, 0) is 50.6 Å². The normalized spacial score (nSPS) is 12.0. The predicted octanol–water partition coefficient (Wildman–Crippen LogP) is 4.33. The Morgan fingerprint density at radius 2 is 1.57 bits per heavy atom. The van der Waals surface area contributed by atoms with Crippen molar-refractivity contribution in [2.75, 3.05) is 6.54 Å². The molecule has 6 heteroatoms. The average Bonchev–Trinajstić information content (AvgIpc) is 2.65. The molecule has 0 aliphatic carbocycles. The minimum atomic E-state index is -0.585. The molecule has 2 aromatic carbocycles. The van der Waals surface area contributed by atoms with Crippen LogP contribution in [-0.4, -0.2) is 24.2 Å². The summed E-state index contributed by atoms with van der Waals surface area (Å²) in [5.74, 6) is 0.153. The van der Waals surface area contributed by atoms with Crippen LogP contribution in [0.2, 0.25) is 0 Å². The number of rotatable bonds is 7. The van der Waals surface area contributed by atoms with Crippen molar-refractivity contribution in [3.05, 3.63) is 60.2 Å². The number of hydrogen-bond donors (Lipinski definition) is 1. The zero-order valence-corrected chi connectivity index (χ0v) is 16.7. The number of carbonyl (C=O) groups is 2. The van der Waals surface area contributed by atoms with Crippen molar-refractivity contribution in [3.63, 3.8) is 0 Å². The second-order valence-electron chi connectivity index (χ2n) is 7.45. The van der Waals surface area contributed by atoms with Crippen LogP contribution in [0.15, 0.2) is 54.6 Å². The first-order valence-electron chi connectivity index (χ1n) is 9.18. The highest BCUT2D eigenvalue weighted by Crippen LogP contribution is 2.19. The Labute approximate surface area is 165 Å². The van der Waals surface area contributed by atoms with Gasteiger partial charge in [0, 0.05) is 6.54 Å². The first-order valence-corrected chi connectivity index (χ1v) is 9.18. The zero-order valence-electron chi connectivity index (χ0n) is 16.7. The molecule has 1 N–H and O–H groups in total. The molecule has 1 unspecified atom stereocenters. The third-order valence-electron chi connectivity index (χ3n) is 3.64. The van der Waals surface area contributed by atoms with Crippen LogP contribution in [-0.2, 0) is 16.1 Å². The zero-order chi connectivity index (χ0) is 20.6. The van der Waals surface area contributed by atoms with Crippen molar-refractivity contribution in [1.29, 1.82) is 0 Å². The molecular formula is C22H27NO5. The highest BCUT2D eigenvalue weighted by molar-refractivity contribution is 5.76. The van der Waals surface area contributed by atoms with Gasteiger partial charge < -0.3 is 19.5 Å². The van der Waals surface area contributed by atoms with Crippen LogP contribution in [0, 0.1) is 5.92 Å². The predicted molar refractivity (Wildman–Crippen MR) is 106 cm³/mol. The van der Waals surface area contributed by atoms with Gasteiger partial charge >= 0.3 is 12.1 Å². The van der Waals surface area contributed by atoms with E-state index in [0.717, 1.165) is 5.56 Å². The van der Waals surface area contributed by atoms with Crippen molar-refractivity contribution in [1.82, 2.24) is 5.32 Å². The molecule has 0 radical (unpaired) electrons. The Kier molecular flexibility index (Phi) is 7.44. The third kappa shape index (κ3) is 7.70. The Bertz CT molecular complexity index is 766. The smallest absolute Gasteiger partial charge is 0.407 e. The number of carbonyl (C=O) groups excluding carboxylic acids is 2. The van der Waals surface area contributed by atoms with E-state index >= 15 is 0 Å². The van der Waals surface area contributed by atoms with Gasteiger partial charge in [-0.2, -0.15) is 0 Å². The molecule has 1 atom stereocenters. The minimum absolute atomic E-state index is 0.131. The fourth-order valence-electron chi connectivity index (χ4n) is 2.20. The van der Waals surface area contributed by atoms with E-state index in [-0.39, 0.29) is 6.54 Å². The lowest BCUT2D eigenvalue weighted by Gasteiger charge is -2.20. The van der Waals surface area contributed by atoms with Crippen LogP contribution in [0.3, 0.4) is 0 Å². The molecule has 0 spiro atoms. The van der Waals surface area contributed by atoms with E-state index in [1.54, 1.807) is 52.0 Å². The SMILES string of the molecule is CC(CNC(=O)OC(C)(C)C)C(=O)Oc1ccc(OCc2ccccc2)cc1. The van der Waals surface area contributed by atoms with Crippen LogP contribution in [0.5, 0.6) is 11.5 Å². The minimum Gasteiger partial charge on any atom is -0.489 e. The van der Waals surface area contributed by atoms with Crippen molar-refractivity contribution >= 4 is 12.1 Å². The number of ether oxygens (including phenoxy) is 3. The van der Waals surface area contributed by atoms with Gasteiger partial charge in [-0.1, -0.05) is 37.3 Å². The Balaban J connectivity index is 1.77. The second kappa shape index (κ2) is 9.78. The molecule has 150 valence electrons. The highest BCUT2D eigenvalue weighted by Gasteiger charge is 2.20. The van der Waals surface area contributed by atoms with Gasteiger partial charge in [0.05, 0.1) is 5.92 Å². The van der Waals surface area contributed by atoms with Gasteiger partial charge in [-0.3, -0.25) is 4.79 Å². The van der Waals surface area contributed by atoms with Gasteiger partial charge in [0.2, 0.25) is 0 Å². The number of benzene rings is 2. The van der Waals surface area contributed by atoms with Gasteiger partial charge in [-0.15, -0.1) is 0 Å². The van der Waals surface area contributed by atoms with Crippen molar-refractivity contribution in [3.8, 4) is 11.5 Å². The van der Waals surface area contributed by atoms with Gasteiger partial charge in [0.25, 0.3) is 0 Å². The maximum atomic E-state index is 12.2. The Morgan fingerprint density at radius 1 is 0.964 bits per heavy atom. The molecule has 0 heterocycles. The molecule has 2 rings (SSSR count). The lowest BCUT2D eigenvalue weighted by molar-refractivity contribution is -0.138. The molecular weight excluding hydrogens is 358 g/mol. The maximum Gasteiger partial charge on any atom is 0.407 e. The van der Waals surface area contributed by atoms with E-state index in [1.807, 2.05) is 30.3 Å². The van der Waals surface area contributed by atoms with Gasteiger partial charge in [0.1, 0.15) is 23.7 Å². The Hall–Kier alpha value is -3.02. The van der Waals surface area contributed by atoms with Crippen LogP contribution < -0.4 is 14.8 Å². The van der Waals surface area contributed by atoms with E-state index in [0.29, 0.717) is 18.1 Å². The summed E-state index contributed by atoms with van der Waals surface area (Å²) in [6, 6.07) is 16.7. The highest BCUT2D eigenvalue weighted by atomic mass is 16.6. The summed E-state index contributed by atoms with van der Waals surface area (Å²) >= 11 is 0. The maximum absolute atomic E-state index is 12.2. The monoisotopic (exact) mass is 385 g/mol. The number of alkyl carbamates (subject to hydrolysis) is 1. The lowest BCUT2D eigenvalue weighted by atomic mass is 10.2. The molecule has 0 fully saturated rings. The van der Waals surface area contributed by atoms with Crippen LogP contribution in [0.1, 0.15) is 33.3 Å². The second-order valence-corrected chi connectivity index (χ2v) is 7.45. The molecule has 0 aliphatic heterocycles. The largest absolute Gasteiger partial charge is 0.489 e. The van der Waals surface area contributed by atoms with Crippen molar-refractivity contribution in [2.45, 2.75) is 39.9 Å². The molecule has 1 amide bonds. The van der Waals surface area contributed by atoms with Crippen molar-refractivity contribution in [2.24, 2.45) is 5.92 Å². The number of esters is 1. The topological polar surface area (TPSA) is 73.9 Å². The van der Waals surface area contributed by atoms with Crippen LogP contribution >= 0.6 is 0 Å².